The van der Waals surface area contributed by atoms with Crippen molar-refractivity contribution in [1.82, 2.24) is 4.83 Å². The SMILES string of the molecule is CCS(=O)(=O)NN(C(C)=O)c1ccccc1. The van der Waals surface area contributed by atoms with Crippen molar-refractivity contribution in [3.05, 3.63) is 30.3 Å². The molecule has 0 aliphatic heterocycles. The molecule has 1 amide bonds. The van der Waals surface area contributed by atoms with Gasteiger partial charge in [0, 0.05) is 6.92 Å². The smallest absolute Gasteiger partial charge is 0.239 e. The Morgan fingerprint density at radius 3 is 2.31 bits per heavy atom. The molecule has 1 N–H and O–H groups in total. The lowest BCUT2D eigenvalue weighted by atomic mass is 10.3. The molecule has 0 heterocycles. The van der Waals surface area contributed by atoms with E-state index in [0.717, 1.165) is 5.01 Å². The number of para-hydroxylation sites is 1. The van der Waals surface area contributed by atoms with E-state index in [1.165, 1.54) is 13.8 Å². The van der Waals surface area contributed by atoms with E-state index in [2.05, 4.69) is 4.83 Å². The monoisotopic (exact) mass is 242 g/mol. The van der Waals surface area contributed by atoms with Gasteiger partial charge in [0.2, 0.25) is 15.9 Å². The zero-order valence-electron chi connectivity index (χ0n) is 9.17. The maximum absolute atomic E-state index is 11.4. The highest BCUT2D eigenvalue weighted by atomic mass is 32.2. The third-order valence-corrected chi connectivity index (χ3v) is 3.16. The van der Waals surface area contributed by atoms with E-state index in [1.807, 2.05) is 0 Å². The number of carbonyl (C=O) groups is 1. The van der Waals surface area contributed by atoms with E-state index in [1.54, 1.807) is 30.3 Å². The van der Waals surface area contributed by atoms with Crippen LogP contribution in [0, 0.1) is 0 Å². The van der Waals surface area contributed by atoms with Gasteiger partial charge in [0.15, 0.2) is 0 Å². The molecule has 1 aromatic rings. The molecular formula is C10H14N2O3S. The third kappa shape index (κ3) is 3.32. The molecule has 0 aliphatic carbocycles. The Kier molecular flexibility index (Phi) is 4.03. The average Bonchev–Trinajstić information content (AvgIpc) is 2.27. The number of anilines is 1. The highest BCUT2D eigenvalue weighted by molar-refractivity contribution is 7.89. The lowest BCUT2D eigenvalue weighted by Crippen LogP contribution is -2.45. The van der Waals surface area contributed by atoms with Crippen LogP contribution in [0.1, 0.15) is 13.8 Å². The van der Waals surface area contributed by atoms with E-state index < -0.39 is 10.0 Å². The van der Waals surface area contributed by atoms with Crippen molar-refractivity contribution in [2.45, 2.75) is 13.8 Å². The van der Waals surface area contributed by atoms with Crippen LogP contribution in [0.4, 0.5) is 5.69 Å². The highest BCUT2D eigenvalue weighted by Gasteiger charge is 2.17. The fourth-order valence-corrected chi connectivity index (χ4v) is 1.72. The summed E-state index contributed by atoms with van der Waals surface area (Å²) >= 11 is 0. The van der Waals surface area contributed by atoms with E-state index in [9.17, 15) is 13.2 Å². The molecule has 6 heteroatoms. The van der Waals surface area contributed by atoms with Gasteiger partial charge in [0.05, 0.1) is 11.4 Å². The van der Waals surface area contributed by atoms with E-state index in [0.29, 0.717) is 5.69 Å². The second kappa shape index (κ2) is 5.09. The van der Waals surface area contributed by atoms with Crippen molar-refractivity contribution >= 4 is 21.6 Å². The predicted molar refractivity (Wildman–Crippen MR) is 62.2 cm³/mol. The second-order valence-electron chi connectivity index (χ2n) is 3.18. The third-order valence-electron chi connectivity index (χ3n) is 1.94. The fraction of sp³-hybridized carbons (Fsp3) is 0.300. The van der Waals surface area contributed by atoms with Gasteiger partial charge < -0.3 is 0 Å². The highest BCUT2D eigenvalue weighted by Crippen LogP contribution is 2.11. The number of rotatable bonds is 4. The van der Waals surface area contributed by atoms with Gasteiger partial charge in [-0.25, -0.2) is 13.4 Å². The first-order valence-corrected chi connectivity index (χ1v) is 6.47. The molecule has 0 radical (unpaired) electrons. The van der Waals surface area contributed by atoms with Crippen molar-refractivity contribution in [2.24, 2.45) is 0 Å². The number of nitrogens with one attached hydrogen (secondary N) is 1. The molecule has 88 valence electrons. The maximum Gasteiger partial charge on any atom is 0.239 e. The Labute approximate surface area is 95.1 Å². The summed E-state index contributed by atoms with van der Waals surface area (Å²) in [6.07, 6.45) is 0. The minimum atomic E-state index is -3.46. The maximum atomic E-state index is 11.4. The number of hydrogen-bond donors (Lipinski definition) is 1. The molecular weight excluding hydrogens is 228 g/mol. The number of nitrogens with zero attached hydrogens (tertiary/aromatic N) is 1. The van der Waals surface area contributed by atoms with Gasteiger partial charge in [-0.1, -0.05) is 18.2 Å². The lowest BCUT2D eigenvalue weighted by Gasteiger charge is -2.21. The molecule has 0 saturated heterocycles. The topological polar surface area (TPSA) is 66.5 Å². The van der Waals surface area contributed by atoms with Crippen LogP contribution in [0.3, 0.4) is 0 Å². The first-order valence-electron chi connectivity index (χ1n) is 4.82. The minimum absolute atomic E-state index is 0.0797. The quantitative estimate of drug-likeness (QED) is 0.797. The van der Waals surface area contributed by atoms with Crippen molar-refractivity contribution < 1.29 is 13.2 Å². The molecule has 0 spiro atoms. The van der Waals surface area contributed by atoms with Crippen molar-refractivity contribution in [2.75, 3.05) is 10.8 Å². The van der Waals surface area contributed by atoms with Gasteiger partial charge in [0.25, 0.3) is 0 Å². The van der Waals surface area contributed by atoms with Gasteiger partial charge in [-0.2, -0.15) is 0 Å². The second-order valence-corrected chi connectivity index (χ2v) is 5.17. The Morgan fingerprint density at radius 1 is 1.31 bits per heavy atom. The number of amides is 1. The zero-order chi connectivity index (χ0) is 12.2. The molecule has 5 nitrogen and oxygen atoms in total. The van der Waals surface area contributed by atoms with Crippen LogP contribution in [-0.2, 0) is 14.8 Å². The normalized spacial score (nSPS) is 11.1. The Morgan fingerprint density at radius 2 is 1.88 bits per heavy atom. The summed E-state index contributed by atoms with van der Waals surface area (Å²) < 4.78 is 22.8. The molecule has 1 aromatic carbocycles. The van der Waals surface area contributed by atoms with E-state index in [4.69, 9.17) is 0 Å². The van der Waals surface area contributed by atoms with Crippen LogP contribution in [0.15, 0.2) is 30.3 Å². The average molecular weight is 242 g/mol. The number of sulfonamides is 1. The summed E-state index contributed by atoms with van der Waals surface area (Å²) in [6, 6.07) is 8.55. The largest absolute Gasteiger partial charge is 0.273 e. The molecule has 16 heavy (non-hydrogen) atoms. The predicted octanol–water partition coefficient (Wildman–Crippen LogP) is 0.894. The summed E-state index contributed by atoms with van der Waals surface area (Å²) in [5.74, 6) is -0.466. The molecule has 0 saturated carbocycles. The van der Waals surface area contributed by atoms with Crippen LogP contribution in [0.5, 0.6) is 0 Å². The van der Waals surface area contributed by atoms with Crippen LogP contribution >= 0.6 is 0 Å². The van der Waals surface area contributed by atoms with Gasteiger partial charge in [-0.05, 0) is 19.1 Å². The summed E-state index contributed by atoms with van der Waals surface area (Å²) in [4.78, 5) is 13.6. The molecule has 0 bridgehead atoms. The first-order chi connectivity index (χ1) is 7.46. The summed E-state index contributed by atoms with van der Waals surface area (Å²) in [5, 5.41) is 1.01. The minimum Gasteiger partial charge on any atom is -0.273 e. The van der Waals surface area contributed by atoms with Crippen molar-refractivity contribution in [1.29, 1.82) is 0 Å². The van der Waals surface area contributed by atoms with Gasteiger partial charge >= 0.3 is 0 Å². The van der Waals surface area contributed by atoms with Crippen LogP contribution < -0.4 is 9.84 Å². The molecule has 1 rings (SSSR count). The lowest BCUT2D eigenvalue weighted by molar-refractivity contribution is -0.116. The summed E-state index contributed by atoms with van der Waals surface area (Å²) in [7, 11) is -3.46. The van der Waals surface area contributed by atoms with E-state index in [-0.39, 0.29) is 11.7 Å². The van der Waals surface area contributed by atoms with E-state index >= 15 is 0 Å². The van der Waals surface area contributed by atoms with Crippen LogP contribution in [0.25, 0.3) is 0 Å². The zero-order valence-corrected chi connectivity index (χ0v) is 9.99. The summed E-state index contributed by atoms with van der Waals surface area (Å²) in [5.41, 5.74) is 0.493. The molecule has 0 fully saturated rings. The van der Waals surface area contributed by atoms with Gasteiger partial charge in [-0.3, -0.25) is 4.79 Å². The Bertz CT molecular complexity index is 456. The van der Waals surface area contributed by atoms with Crippen LogP contribution in [0.2, 0.25) is 0 Å². The van der Waals surface area contributed by atoms with Gasteiger partial charge in [-0.15, -0.1) is 4.83 Å². The fourth-order valence-electron chi connectivity index (χ4n) is 1.08. The Hall–Kier alpha value is -1.40. The number of benzene rings is 1. The molecule has 0 aromatic heterocycles. The Balaban J connectivity index is 2.99. The molecule has 0 aliphatic rings. The molecule has 0 atom stereocenters. The first kappa shape index (κ1) is 12.7. The summed E-state index contributed by atoms with van der Waals surface area (Å²) in [6.45, 7) is 2.80. The standard InChI is InChI=1S/C10H14N2O3S/c1-3-16(14,15)11-12(9(2)13)10-7-5-4-6-8-10/h4-8,11H,3H2,1-2H3. The number of hydrogen-bond acceptors (Lipinski definition) is 3. The van der Waals surface area contributed by atoms with Crippen molar-refractivity contribution in [3.63, 3.8) is 0 Å². The number of carbonyl (C=O) groups excluding carboxylic acids is 1. The van der Waals surface area contributed by atoms with Gasteiger partial charge in [0.1, 0.15) is 0 Å². The van der Waals surface area contributed by atoms with Crippen LogP contribution in [-0.4, -0.2) is 20.1 Å². The van der Waals surface area contributed by atoms with Crippen molar-refractivity contribution in [3.8, 4) is 0 Å². The number of hydrazine groups is 1. The molecule has 0 unspecified atom stereocenters.